The number of phenolic OH excluding ortho intramolecular Hbond substituents is 1. The number of aliphatic hydroxyl groups excluding tert-OH is 3. The summed E-state index contributed by atoms with van der Waals surface area (Å²) >= 11 is 0.949. The van der Waals surface area contributed by atoms with Crippen molar-refractivity contribution in [3.8, 4) is 5.75 Å². The average Bonchev–Trinajstić information content (AvgIpc) is 3.80. The Kier molecular flexibility index (Phi) is 16.0. The van der Waals surface area contributed by atoms with Crippen LogP contribution >= 0.6 is 11.8 Å². The number of aromatic nitrogens is 1. The van der Waals surface area contributed by atoms with Crippen molar-refractivity contribution in [3.05, 3.63) is 23.8 Å². The van der Waals surface area contributed by atoms with Crippen molar-refractivity contribution in [3.63, 3.8) is 0 Å². The highest BCUT2D eigenvalue weighted by Crippen LogP contribution is 2.34. The quantitative estimate of drug-likeness (QED) is 0.124. The Labute approximate surface area is 364 Å². The highest BCUT2D eigenvalue weighted by Gasteiger charge is 2.45. The van der Waals surface area contributed by atoms with Crippen molar-refractivity contribution in [2.45, 2.75) is 99.9 Å². The summed E-state index contributed by atoms with van der Waals surface area (Å²) in [5, 5.41) is 60.0. The number of primary amides is 1. The van der Waals surface area contributed by atoms with Gasteiger partial charge in [0.2, 0.25) is 53.2 Å². The van der Waals surface area contributed by atoms with Crippen LogP contribution in [-0.2, 0) is 49.6 Å². The molecule has 3 unspecified atom stereocenters. The number of aromatic amines is 1. The van der Waals surface area contributed by atoms with Crippen LogP contribution in [0.2, 0.25) is 0 Å². The molecule has 0 spiro atoms. The first-order chi connectivity index (χ1) is 29.8. The van der Waals surface area contributed by atoms with E-state index in [4.69, 9.17) is 5.73 Å². The lowest BCUT2D eigenvalue weighted by Gasteiger charge is -2.32. The fourth-order valence-electron chi connectivity index (χ4n) is 7.55. The number of aromatic hydroxyl groups is 1. The zero-order valence-corrected chi connectivity index (χ0v) is 35.6. The summed E-state index contributed by atoms with van der Waals surface area (Å²) in [6.45, 7) is 2.06. The SMILES string of the molecule is CC[C@H](C)[C@@H]1NC(=O)CNC(=O)C2Cc3c([nH]c4ccc(O)cc34)SCC(NC(=O)CNC1=O)C(=O)NC(CC(N)=O)C(=O)N1C[C@H](O)C[C@H]1C(=O)N[C@@H]([C@@H](C)[C@@H](O)CO)C(=O)N2. The van der Waals surface area contributed by atoms with Crippen molar-refractivity contribution in [2.24, 2.45) is 17.6 Å². The first-order valence-corrected chi connectivity index (χ1v) is 21.4. The molecule has 1 aromatic heterocycles. The van der Waals surface area contributed by atoms with Gasteiger partial charge in [-0.1, -0.05) is 27.2 Å². The maximum atomic E-state index is 14.4. The van der Waals surface area contributed by atoms with Crippen molar-refractivity contribution in [2.75, 3.05) is 32.0 Å². The van der Waals surface area contributed by atoms with E-state index in [-0.39, 0.29) is 29.4 Å². The fourth-order valence-corrected chi connectivity index (χ4v) is 8.67. The molecule has 0 saturated carbocycles. The summed E-state index contributed by atoms with van der Waals surface area (Å²) in [6, 6.07) is -5.02. The Hall–Kier alpha value is -5.98. The number of hydrogen-bond donors (Lipinski definition) is 13. The number of aliphatic hydroxyl groups is 3. The first-order valence-electron chi connectivity index (χ1n) is 20.4. The zero-order chi connectivity index (χ0) is 46.3. The van der Waals surface area contributed by atoms with Crippen LogP contribution in [0.1, 0.15) is 45.6 Å². The lowest BCUT2D eigenvalue weighted by molar-refractivity contribution is -0.144. The largest absolute Gasteiger partial charge is 0.508 e. The molecule has 63 heavy (non-hydrogen) atoms. The molecule has 14 N–H and O–H groups in total. The molecular weight excluding hydrogens is 849 g/mol. The minimum absolute atomic E-state index is 0.182. The van der Waals surface area contributed by atoms with Gasteiger partial charge in [-0.05, 0) is 29.7 Å². The third-order valence-corrected chi connectivity index (χ3v) is 12.5. The van der Waals surface area contributed by atoms with Crippen molar-refractivity contribution >= 4 is 75.8 Å². The number of H-pyrrole nitrogens is 1. The number of fused-ring (bicyclic) bond motifs is 5. The molecule has 9 amide bonds. The van der Waals surface area contributed by atoms with Gasteiger partial charge in [-0.3, -0.25) is 43.2 Å². The van der Waals surface area contributed by atoms with Crippen LogP contribution < -0.4 is 43.0 Å². The minimum Gasteiger partial charge on any atom is -0.508 e. The summed E-state index contributed by atoms with van der Waals surface area (Å²) in [7, 11) is 0. The standard InChI is InChI=1S/C39H54N10O13S/c1-4-16(2)31-36(60)42-11-29(55)43-25-15-63-38-21(20-7-18(51)5-6-22(20)46-38)9-23(33(57)41-12-30(56)47-31)44-37(61)32(17(3)27(53)14-50)48-35(59)26-8-19(52)13-49(26)39(62)24(10-28(40)54)45-34(25)58/h5-7,16-17,19,23-27,31-32,46,50-53H,4,8-15H2,1-3H3,(H2,40,54)(H,41,57)(H,42,60)(H,43,55)(H,44,61)(H,45,58)(H,47,56)(H,48,59)/t16-,17-,19+,23?,24?,25?,26-,27-,31-,32-/m0/s1. The van der Waals surface area contributed by atoms with Crippen molar-refractivity contribution in [1.29, 1.82) is 0 Å². The van der Waals surface area contributed by atoms with Crippen LogP contribution in [0.4, 0.5) is 0 Å². The van der Waals surface area contributed by atoms with Gasteiger partial charge in [0.25, 0.3) is 0 Å². The Morgan fingerprint density at radius 3 is 2.22 bits per heavy atom. The van der Waals surface area contributed by atoms with Crippen LogP contribution in [0.3, 0.4) is 0 Å². The Balaban J connectivity index is 1.70. The highest BCUT2D eigenvalue weighted by atomic mass is 32.2. The van der Waals surface area contributed by atoms with Crippen molar-refractivity contribution < 1.29 is 63.6 Å². The van der Waals surface area contributed by atoms with Crippen LogP contribution in [0.15, 0.2) is 23.2 Å². The molecule has 344 valence electrons. The van der Waals surface area contributed by atoms with Crippen LogP contribution in [-0.4, -0.2) is 164 Å². The van der Waals surface area contributed by atoms with E-state index in [9.17, 15) is 63.6 Å². The smallest absolute Gasteiger partial charge is 0.246 e. The van der Waals surface area contributed by atoms with Gasteiger partial charge in [-0.25, -0.2) is 0 Å². The molecule has 3 aliphatic rings. The van der Waals surface area contributed by atoms with E-state index in [1.165, 1.54) is 25.1 Å². The molecule has 1 fully saturated rings. The topological polar surface area (TPSA) is 364 Å². The van der Waals surface area contributed by atoms with E-state index in [1.807, 2.05) is 0 Å². The normalized spacial score (nSPS) is 27.6. The van der Waals surface area contributed by atoms with E-state index >= 15 is 0 Å². The van der Waals surface area contributed by atoms with Gasteiger partial charge in [0.05, 0.1) is 43.4 Å². The minimum atomic E-state index is -1.75. The molecule has 5 rings (SSSR count). The first kappa shape index (κ1) is 48.1. The molecule has 1 aromatic carbocycles. The third kappa shape index (κ3) is 11.7. The number of carbonyl (C=O) groups is 9. The van der Waals surface area contributed by atoms with Crippen LogP contribution in [0.5, 0.6) is 5.75 Å². The van der Waals surface area contributed by atoms with Gasteiger partial charge in [-0.2, -0.15) is 0 Å². The number of carbonyl (C=O) groups excluding carboxylic acids is 9. The summed E-state index contributed by atoms with van der Waals surface area (Å²) < 4.78 is 0. The summed E-state index contributed by atoms with van der Waals surface area (Å²) in [5.41, 5.74) is 6.23. The van der Waals surface area contributed by atoms with Crippen LogP contribution in [0.25, 0.3) is 10.9 Å². The number of hydrogen-bond acceptors (Lipinski definition) is 14. The maximum absolute atomic E-state index is 14.4. The van der Waals surface area contributed by atoms with Gasteiger partial charge in [-0.15, -0.1) is 11.8 Å². The third-order valence-electron chi connectivity index (χ3n) is 11.4. The summed E-state index contributed by atoms with van der Waals surface area (Å²) in [4.78, 5) is 128. The van der Waals surface area contributed by atoms with E-state index in [0.29, 0.717) is 22.9 Å². The molecule has 24 heteroatoms. The number of thioether (sulfide) groups is 1. The second kappa shape index (κ2) is 20.9. The van der Waals surface area contributed by atoms with Gasteiger partial charge in [0.15, 0.2) is 0 Å². The molecular formula is C39H54N10O13S. The number of amides is 9. The lowest BCUT2D eigenvalue weighted by atomic mass is 9.93. The predicted octanol–water partition coefficient (Wildman–Crippen LogP) is -4.94. The lowest BCUT2D eigenvalue weighted by Crippen LogP contribution is -2.62. The highest BCUT2D eigenvalue weighted by molar-refractivity contribution is 7.99. The van der Waals surface area contributed by atoms with Crippen molar-refractivity contribution in [1.82, 2.24) is 47.1 Å². The number of rotatable bonds is 7. The zero-order valence-electron chi connectivity index (χ0n) is 34.8. The van der Waals surface area contributed by atoms with Gasteiger partial charge >= 0.3 is 0 Å². The Bertz CT molecular complexity index is 2120. The molecule has 10 atom stereocenters. The maximum Gasteiger partial charge on any atom is 0.246 e. The number of benzene rings is 1. The number of nitrogens with two attached hydrogens (primary N) is 1. The van der Waals surface area contributed by atoms with Gasteiger partial charge in [0.1, 0.15) is 42.0 Å². The van der Waals surface area contributed by atoms with Crippen LogP contribution in [0, 0.1) is 11.8 Å². The van der Waals surface area contributed by atoms with Gasteiger partial charge < -0.3 is 73.3 Å². The number of nitrogens with zero attached hydrogens (tertiary/aromatic N) is 1. The molecule has 1 saturated heterocycles. The second-order valence-corrected chi connectivity index (χ2v) is 17.0. The van der Waals surface area contributed by atoms with E-state index in [0.717, 1.165) is 16.7 Å². The summed E-state index contributed by atoms with van der Waals surface area (Å²) in [5.74, 6) is -10.8. The molecule has 0 aliphatic carbocycles. The second-order valence-electron chi connectivity index (χ2n) is 15.9. The monoisotopic (exact) mass is 902 g/mol. The molecule has 0 radical (unpaired) electrons. The van der Waals surface area contributed by atoms with E-state index in [1.54, 1.807) is 13.8 Å². The summed E-state index contributed by atoms with van der Waals surface area (Å²) in [6.07, 6.45) is -4.05. The molecule has 4 heterocycles. The molecule has 2 aromatic rings. The Morgan fingerprint density at radius 2 is 1.56 bits per heavy atom. The molecule has 23 nitrogen and oxygen atoms in total. The Morgan fingerprint density at radius 1 is 0.873 bits per heavy atom. The average molecular weight is 903 g/mol. The number of nitrogens with one attached hydrogen (secondary N) is 8. The van der Waals surface area contributed by atoms with Gasteiger partial charge in [0, 0.05) is 42.0 Å². The van der Waals surface area contributed by atoms with E-state index in [2.05, 4.69) is 42.2 Å². The molecule has 2 bridgehead atoms. The van der Waals surface area contributed by atoms with E-state index < -0.39 is 146 Å². The fraction of sp³-hybridized carbons (Fsp3) is 0.564. The number of phenols is 1. The molecule has 3 aliphatic heterocycles. The predicted molar refractivity (Wildman–Crippen MR) is 222 cm³/mol.